The Bertz CT molecular complexity index is 674. The molecule has 0 unspecified atom stereocenters. The van der Waals surface area contributed by atoms with Crippen molar-refractivity contribution in [1.82, 2.24) is 9.97 Å². The van der Waals surface area contributed by atoms with Crippen LogP contribution in [-0.2, 0) is 10.0 Å². The number of rotatable bonds is 3. The van der Waals surface area contributed by atoms with E-state index in [0.29, 0.717) is 16.0 Å². The zero-order valence-electron chi connectivity index (χ0n) is 11.0. The van der Waals surface area contributed by atoms with Crippen molar-refractivity contribution in [3.05, 3.63) is 47.4 Å². The van der Waals surface area contributed by atoms with Crippen LogP contribution in [0.2, 0.25) is 0 Å². The predicted octanol–water partition coefficient (Wildman–Crippen LogP) is 2.20. The monoisotopic (exact) mass is 277 g/mol. The molecule has 6 heteroatoms. The Kier molecular flexibility index (Phi) is 3.53. The number of sulfonamides is 1. The van der Waals surface area contributed by atoms with Gasteiger partial charge in [0.2, 0.25) is 0 Å². The smallest absolute Gasteiger partial charge is 0.262 e. The molecular weight excluding hydrogens is 262 g/mol. The molecule has 0 bridgehead atoms. The first-order valence-electron chi connectivity index (χ1n) is 5.77. The first kappa shape index (κ1) is 13.5. The highest BCUT2D eigenvalue weighted by atomic mass is 32.2. The maximum atomic E-state index is 12.4. The van der Waals surface area contributed by atoms with Crippen molar-refractivity contribution in [2.75, 3.05) is 4.72 Å². The Balaban J connectivity index is 2.46. The molecule has 0 spiro atoms. The van der Waals surface area contributed by atoms with Gasteiger partial charge in [-0.1, -0.05) is 17.7 Å². The first-order chi connectivity index (χ1) is 8.90. The molecule has 0 atom stereocenters. The average molecular weight is 277 g/mol. The molecule has 0 saturated carbocycles. The minimum atomic E-state index is -3.64. The Morgan fingerprint density at radius 2 is 1.68 bits per heavy atom. The molecule has 5 nitrogen and oxygen atoms in total. The quantitative estimate of drug-likeness (QED) is 0.933. The van der Waals surface area contributed by atoms with E-state index in [1.165, 1.54) is 18.6 Å². The number of anilines is 1. The van der Waals surface area contributed by atoms with E-state index in [1.807, 2.05) is 19.1 Å². The summed E-state index contributed by atoms with van der Waals surface area (Å²) in [7, 11) is -3.64. The zero-order chi connectivity index (χ0) is 14.0. The Labute approximate surface area is 112 Å². The van der Waals surface area contributed by atoms with Gasteiger partial charge in [-0.15, -0.1) is 0 Å². The van der Waals surface area contributed by atoms with Crippen LogP contribution in [0.25, 0.3) is 0 Å². The fourth-order valence-corrected chi connectivity index (χ4v) is 3.58. The summed E-state index contributed by atoms with van der Waals surface area (Å²) in [4.78, 5) is 8.04. The maximum Gasteiger partial charge on any atom is 0.263 e. The molecule has 0 aliphatic rings. The predicted molar refractivity (Wildman–Crippen MR) is 73.5 cm³/mol. The van der Waals surface area contributed by atoms with Gasteiger partial charge in [-0.2, -0.15) is 0 Å². The molecule has 1 heterocycles. The first-order valence-corrected chi connectivity index (χ1v) is 7.25. The number of aryl methyl sites for hydroxylation is 3. The minimum absolute atomic E-state index is 0.210. The van der Waals surface area contributed by atoms with Gasteiger partial charge < -0.3 is 0 Å². The molecule has 100 valence electrons. The topological polar surface area (TPSA) is 72.0 Å². The molecule has 0 radical (unpaired) electrons. The van der Waals surface area contributed by atoms with Crippen molar-refractivity contribution in [1.29, 1.82) is 0 Å². The summed E-state index contributed by atoms with van der Waals surface area (Å²) in [6.07, 6.45) is 4.29. The van der Waals surface area contributed by atoms with Gasteiger partial charge in [0.15, 0.2) is 5.82 Å². The van der Waals surface area contributed by atoms with E-state index < -0.39 is 10.0 Å². The average Bonchev–Trinajstić information content (AvgIpc) is 2.27. The standard InChI is InChI=1S/C13H15N3O2S/c1-9-6-10(2)13(11(3)7-9)19(17,18)16-12-8-14-4-5-15-12/h4-8H,1-3H3,(H,15,16). The molecule has 0 aliphatic heterocycles. The highest BCUT2D eigenvalue weighted by molar-refractivity contribution is 7.92. The summed E-state index contributed by atoms with van der Waals surface area (Å²) in [5, 5.41) is 0. The highest BCUT2D eigenvalue weighted by Gasteiger charge is 2.20. The van der Waals surface area contributed by atoms with Gasteiger partial charge in [-0.3, -0.25) is 9.71 Å². The number of benzene rings is 1. The van der Waals surface area contributed by atoms with Crippen LogP contribution < -0.4 is 4.72 Å². The number of nitrogens with zero attached hydrogens (tertiary/aromatic N) is 2. The van der Waals surface area contributed by atoms with Gasteiger partial charge in [-0.05, 0) is 31.9 Å². The fraction of sp³-hybridized carbons (Fsp3) is 0.231. The lowest BCUT2D eigenvalue weighted by Gasteiger charge is -2.13. The Morgan fingerprint density at radius 1 is 1.05 bits per heavy atom. The van der Waals surface area contributed by atoms with Crippen LogP contribution in [0.5, 0.6) is 0 Å². The van der Waals surface area contributed by atoms with Crippen molar-refractivity contribution in [3.8, 4) is 0 Å². The number of hydrogen-bond donors (Lipinski definition) is 1. The van der Waals surface area contributed by atoms with Crippen LogP contribution in [0.3, 0.4) is 0 Å². The molecule has 0 aliphatic carbocycles. The van der Waals surface area contributed by atoms with Crippen LogP contribution in [0.4, 0.5) is 5.82 Å². The van der Waals surface area contributed by atoms with E-state index in [9.17, 15) is 8.42 Å². The molecule has 1 aromatic carbocycles. The Hall–Kier alpha value is -1.95. The van der Waals surface area contributed by atoms with Crippen molar-refractivity contribution >= 4 is 15.8 Å². The van der Waals surface area contributed by atoms with Crippen LogP contribution in [0.15, 0.2) is 35.6 Å². The third-order valence-corrected chi connectivity index (χ3v) is 4.33. The molecule has 0 amide bonds. The second kappa shape index (κ2) is 4.97. The molecule has 1 N–H and O–H groups in total. The van der Waals surface area contributed by atoms with Gasteiger partial charge in [0.1, 0.15) is 0 Å². The van der Waals surface area contributed by atoms with Crippen molar-refractivity contribution in [2.24, 2.45) is 0 Å². The summed E-state index contributed by atoms with van der Waals surface area (Å²) in [6, 6.07) is 3.69. The number of nitrogens with one attached hydrogen (secondary N) is 1. The SMILES string of the molecule is Cc1cc(C)c(S(=O)(=O)Nc2cnccn2)c(C)c1. The fourth-order valence-electron chi connectivity index (χ4n) is 2.13. The molecule has 0 saturated heterocycles. The van der Waals surface area contributed by atoms with Crippen molar-refractivity contribution < 1.29 is 8.42 Å². The normalized spacial score (nSPS) is 11.3. The van der Waals surface area contributed by atoms with E-state index in [4.69, 9.17) is 0 Å². The van der Waals surface area contributed by atoms with E-state index in [1.54, 1.807) is 13.8 Å². The molecule has 0 fully saturated rings. The zero-order valence-corrected chi connectivity index (χ0v) is 11.8. The summed E-state index contributed by atoms with van der Waals surface area (Å²) in [5.74, 6) is 0.210. The lowest BCUT2D eigenvalue weighted by Crippen LogP contribution is -2.16. The second-order valence-corrected chi connectivity index (χ2v) is 6.04. The molecular formula is C13H15N3O2S. The van der Waals surface area contributed by atoms with Crippen LogP contribution in [-0.4, -0.2) is 18.4 Å². The molecule has 2 aromatic rings. The van der Waals surface area contributed by atoms with Gasteiger partial charge in [-0.25, -0.2) is 13.4 Å². The van der Waals surface area contributed by atoms with Gasteiger partial charge in [0.25, 0.3) is 10.0 Å². The van der Waals surface area contributed by atoms with E-state index >= 15 is 0 Å². The van der Waals surface area contributed by atoms with Crippen LogP contribution in [0, 0.1) is 20.8 Å². The summed E-state index contributed by atoms with van der Waals surface area (Å²) >= 11 is 0. The van der Waals surface area contributed by atoms with E-state index in [2.05, 4.69) is 14.7 Å². The van der Waals surface area contributed by atoms with E-state index in [0.717, 1.165) is 5.56 Å². The number of hydrogen-bond acceptors (Lipinski definition) is 4. The summed E-state index contributed by atoms with van der Waals surface area (Å²) in [5.41, 5.74) is 2.47. The molecule has 2 rings (SSSR count). The third-order valence-electron chi connectivity index (χ3n) is 2.68. The van der Waals surface area contributed by atoms with Crippen LogP contribution >= 0.6 is 0 Å². The highest BCUT2D eigenvalue weighted by Crippen LogP contribution is 2.23. The van der Waals surface area contributed by atoms with Gasteiger partial charge in [0, 0.05) is 12.4 Å². The Morgan fingerprint density at radius 3 is 2.21 bits per heavy atom. The largest absolute Gasteiger partial charge is 0.263 e. The third kappa shape index (κ3) is 2.90. The van der Waals surface area contributed by atoms with Crippen molar-refractivity contribution in [3.63, 3.8) is 0 Å². The van der Waals surface area contributed by atoms with Gasteiger partial charge >= 0.3 is 0 Å². The van der Waals surface area contributed by atoms with Gasteiger partial charge in [0.05, 0.1) is 11.1 Å². The lowest BCUT2D eigenvalue weighted by molar-refractivity contribution is 0.599. The maximum absolute atomic E-state index is 12.4. The number of aromatic nitrogens is 2. The minimum Gasteiger partial charge on any atom is -0.262 e. The second-order valence-electron chi connectivity index (χ2n) is 4.42. The van der Waals surface area contributed by atoms with Crippen molar-refractivity contribution in [2.45, 2.75) is 25.7 Å². The lowest BCUT2D eigenvalue weighted by atomic mass is 10.1. The summed E-state index contributed by atoms with van der Waals surface area (Å²) in [6.45, 7) is 5.50. The summed E-state index contributed by atoms with van der Waals surface area (Å²) < 4.78 is 27.2. The molecule has 19 heavy (non-hydrogen) atoms. The molecule has 1 aromatic heterocycles. The van der Waals surface area contributed by atoms with E-state index in [-0.39, 0.29) is 5.82 Å². The van der Waals surface area contributed by atoms with Crippen LogP contribution in [0.1, 0.15) is 16.7 Å².